The van der Waals surface area contributed by atoms with Gasteiger partial charge in [-0.25, -0.2) is 4.39 Å². The first kappa shape index (κ1) is 11.5. The molecule has 0 saturated carbocycles. The molecule has 16 heavy (non-hydrogen) atoms. The maximum absolute atomic E-state index is 13.2. The fourth-order valence-electron chi connectivity index (χ4n) is 1.56. The third-order valence-electron chi connectivity index (χ3n) is 2.49. The van der Waals surface area contributed by atoms with Gasteiger partial charge in [-0.2, -0.15) is 0 Å². The predicted molar refractivity (Wildman–Crippen MR) is 61.7 cm³/mol. The van der Waals surface area contributed by atoms with Gasteiger partial charge in [-0.1, -0.05) is 0 Å². The van der Waals surface area contributed by atoms with Crippen molar-refractivity contribution in [2.45, 2.75) is 6.42 Å². The Morgan fingerprint density at radius 2 is 2.38 bits per heavy atom. The van der Waals surface area contributed by atoms with Gasteiger partial charge in [0, 0.05) is 12.3 Å². The summed E-state index contributed by atoms with van der Waals surface area (Å²) in [5.74, 6) is -0.619. The molecule has 1 fully saturated rings. The normalized spacial score (nSPS) is 19.8. The van der Waals surface area contributed by atoms with Crippen molar-refractivity contribution in [2.24, 2.45) is 5.92 Å². The fraction of sp³-hybridized carbons (Fsp3) is 0.364. The summed E-state index contributed by atoms with van der Waals surface area (Å²) in [4.78, 5) is 11.7. The van der Waals surface area contributed by atoms with Crippen molar-refractivity contribution in [3.05, 3.63) is 28.5 Å². The summed E-state index contributed by atoms with van der Waals surface area (Å²) >= 11 is 3.05. The first-order chi connectivity index (χ1) is 7.66. The molecular formula is C11H11BrFNO2. The van der Waals surface area contributed by atoms with Crippen molar-refractivity contribution in [2.75, 3.05) is 18.5 Å². The Labute approximate surface area is 101 Å². The number of hydrogen-bond acceptors (Lipinski definition) is 2. The van der Waals surface area contributed by atoms with E-state index in [1.807, 2.05) is 0 Å². The molecule has 1 aliphatic heterocycles. The highest BCUT2D eigenvalue weighted by Crippen LogP contribution is 2.21. The molecule has 0 aromatic heterocycles. The average molecular weight is 288 g/mol. The van der Waals surface area contributed by atoms with Crippen LogP contribution in [-0.4, -0.2) is 19.1 Å². The minimum atomic E-state index is -0.388. The number of ether oxygens (including phenoxy) is 1. The molecule has 1 amide bonds. The summed E-state index contributed by atoms with van der Waals surface area (Å²) in [6, 6.07) is 4.51. The molecule has 1 aliphatic rings. The summed E-state index contributed by atoms with van der Waals surface area (Å²) in [5, 5.41) is 2.67. The number of benzene rings is 1. The van der Waals surface area contributed by atoms with E-state index in [1.165, 1.54) is 6.07 Å². The van der Waals surface area contributed by atoms with E-state index < -0.39 is 0 Å². The summed E-state index contributed by atoms with van der Waals surface area (Å²) in [6.07, 6.45) is 0.727. The summed E-state index contributed by atoms with van der Waals surface area (Å²) in [5.41, 5.74) is 0.470. The van der Waals surface area contributed by atoms with Crippen LogP contribution in [0.3, 0.4) is 0 Å². The van der Waals surface area contributed by atoms with E-state index in [0.717, 1.165) is 6.42 Å². The SMILES string of the molecule is O=C(Nc1ccc(Br)c(F)c1)C1CCOC1. The predicted octanol–water partition coefficient (Wildman–Crippen LogP) is 2.56. The molecule has 0 bridgehead atoms. The topological polar surface area (TPSA) is 38.3 Å². The lowest BCUT2D eigenvalue weighted by molar-refractivity contribution is -0.119. The van der Waals surface area contributed by atoms with Crippen molar-refractivity contribution < 1.29 is 13.9 Å². The minimum Gasteiger partial charge on any atom is -0.381 e. The van der Waals surface area contributed by atoms with Gasteiger partial charge in [0.2, 0.25) is 5.91 Å². The van der Waals surface area contributed by atoms with Crippen LogP contribution in [0.15, 0.2) is 22.7 Å². The highest BCUT2D eigenvalue weighted by molar-refractivity contribution is 9.10. The molecule has 86 valence electrons. The van der Waals surface area contributed by atoms with Crippen LogP contribution in [0.1, 0.15) is 6.42 Å². The van der Waals surface area contributed by atoms with Crippen LogP contribution < -0.4 is 5.32 Å². The summed E-state index contributed by atoms with van der Waals surface area (Å²) in [6.45, 7) is 1.07. The van der Waals surface area contributed by atoms with Crippen molar-refractivity contribution >= 4 is 27.5 Å². The van der Waals surface area contributed by atoms with Crippen LogP contribution in [-0.2, 0) is 9.53 Å². The second-order valence-electron chi connectivity index (χ2n) is 3.68. The van der Waals surface area contributed by atoms with Gasteiger partial charge < -0.3 is 10.1 Å². The second-order valence-corrected chi connectivity index (χ2v) is 4.53. The van der Waals surface area contributed by atoms with E-state index in [0.29, 0.717) is 23.4 Å². The lowest BCUT2D eigenvalue weighted by Crippen LogP contribution is -2.22. The largest absolute Gasteiger partial charge is 0.381 e. The van der Waals surface area contributed by atoms with Gasteiger partial charge in [-0.05, 0) is 40.5 Å². The highest BCUT2D eigenvalue weighted by Gasteiger charge is 2.23. The Morgan fingerprint density at radius 1 is 1.56 bits per heavy atom. The molecule has 2 rings (SSSR count). The van der Waals surface area contributed by atoms with E-state index in [4.69, 9.17) is 4.74 Å². The van der Waals surface area contributed by atoms with Crippen molar-refractivity contribution in [3.8, 4) is 0 Å². The highest BCUT2D eigenvalue weighted by atomic mass is 79.9. The number of halogens is 2. The molecular weight excluding hydrogens is 277 g/mol. The lowest BCUT2D eigenvalue weighted by atomic mass is 10.1. The zero-order valence-electron chi connectivity index (χ0n) is 8.50. The smallest absolute Gasteiger partial charge is 0.229 e. The van der Waals surface area contributed by atoms with Gasteiger partial charge >= 0.3 is 0 Å². The number of rotatable bonds is 2. The molecule has 0 spiro atoms. The molecule has 1 N–H and O–H groups in total. The molecule has 1 saturated heterocycles. The van der Waals surface area contributed by atoms with Crippen molar-refractivity contribution in [3.63, 3.8) is 0 Å². The Morgan fingerprint density at radius 3 is 3.00 bits per heavy atom. The van der Waals surface area contributed by atoms with Gasteiger partial charge in [0.1, 0.15) is 5.82 Å². The third kappa shape index (κ3) is 2.59. The number of hydrogen-bond donors (Lipinski definition) is 1. The zero-order valence-corrected chi connectivity index (χ0v) is 10.1. The maximum Gasteiger partial charge on any atom is 0.229 e. The van der Waals surface area contributed by atoms with Crippen LogP contribution in [0.2, 0.25) is 0 Å². The number of carbonyl (C=O) groups is 1. The summed E-state index contributed by atoms with van der Waals surface area (Å²) < 4.78 is 18.7. The molecule has 0 radical (unpaired) electrons. The Balaban J connectivity index is 2.02. The fourth-order valence-corrected chi connectivity index (χ4v) is 1.81. The Bertz CT molecular complexity index is 405. The van der Waals surface area contributed by atoms with Crippen LogP contribution in [0, 0.1) is 11.7 Å². The first-order valence-corrected chi connectivity index (χ1v) is 5.80. The second kappa shape index (κ2) is 4.93. The van der Waals surface area contributed by atoms with Gasteiger partial charge in [0.05, 0.1) is 17.0 Å². The van der Waals surface area contributed by atoms with Crippen LogP contribution in [0.5, 0.6) is 0 Å². The number of anilines is 1. The molecule has 3 nitrogen and oxygen atoms in total. The quantitative estimate of drug-likeness (QED) is 0.908. The van der Waals surface area contributed by atoms with E-state index in [9.17, 15) is 9.18 Å². The van der Waals surface area contributed by atoms with Crippen LogP contribution >= 0.6 is 15.9 Å². The van der Waals surface area contributed by atoms with Crippen molar-refractivity contribution in [1.29, 1.82) is 0 Å². The van der Waals surface area contributed by atoms with Gasteiger partial charge in [-0.15, -0.1) is 0 Å². The number of nitrogens with one attached hydrogen (secondary N) is 1. The Kier molecular flexibility index (Phi) is 3.56. The standard InChI is InChI=1S/C11H11BrFNO2/c12-9-2-1-8(5-10(9)13)14-11(15)7-3-4-16-6-7/h1-2,5,7H,3-4,6H2,(H,14,15). The van der Waals surface area contributed by atoms with Crippen molar-refractivity contribution in [1.82, 2.24) is 0 Å². The molecule has 5 heteroatoms. The minimum absolute atomic E-state index is 0.112. The van der Waals surface area contributed by atoms with Gasteiger partial charge in [0.25, 0.3) is 0 Å². The van der Waals surface area contributed by atoms with E-state index in [2.05, 4.69) is 21.2 Å². The van der Waals surface area contributed by atoms with Crippen LogP contribution in [0.4, 0.5) is 10.1 Å². The third-order valence-corrected chi connectivity index (χ3v) is 3.13. The monoisotopic (exact) mass is 287 g/mol. The number of amides is 1. The number of carbonyl (C=O) groups excluding carboxylic acids is 1. The average Bonchev–Trinajstić information content (AvgIpc) is 2.77. The van der Waals surface area contributed by atoms with E-state index in [-0.39, 0.29) is 17.6 Å². The molecule has 1 aromatic rings. The van der Waals surface area contributed by atoms with E-state index >= 15 is 0 Å². The molecule has 1 unspecified atom stereocenters. The molecule has 1 atom stereocenters. The van der Waals surface area contributed by atoms with Gasteiger partial charge in [0.15, 0.2) is 0 Å². The zero-order chi connectivity index (χ0) is 11.5. The lowest BCUT2D eigenvalue weighted by Gasteiger charge is -2.09. The first-order valence-electron chi connectivity index (χ1n) is 5.00. The van der Waals surface area contributed by atoms with Gasteiger partial charge in [-0.3, -0.25) is 4.79 Å². The van der Waals surface area contributed by atoms with Crippen LogP contribution in [0.25, 0.3) is 0 Å². The molecule has 0 aliphatic carbocycles. The summed E-state index contributed by atoms with van der Waals surface area (Å²) in [7, 11) is 0. The maximum atomic E-state index is 13.2. The Hall–Kier alpha value is -0.940. The molecule has 1 heterocycles. The van der Waals surface area contributed by atoms with E-state index in [1.54, 1.807) is 12.1 Å². The molecule has 1 aromatic carbocycles.